The molecule has 0 bridgehead atoms. The van der Waals surface area contributed by atoms with E-state index in [1.54, 1.807) is 18.0 Å². The van der Waals surface area contributed by atoms with Gasteiger partial charge >= 0.3 is 0 Å². The van der Waals surface area contributed by atoms with Crippen molar-refractivity contribution in [1.29, 1.82) is 0 Å². The standard InChI is InChI=1S/C12H19N5O/c1-9(8-18-4)17-6-5-13-12(17)14-11-7-16(3)15-10(11)2/h5-7,9H,8H2,1-4H3,(H,13,14). The Morgan fingerprint density at radius 1 is 1.50 bits per heavy atom. The van der Waals surface area contributed by atoms with Gasteiger partial charge in [-0.25, -0.2) is 4.98 Å². The third-order valence-corrected chi connectivity index (χ3v) is 2.81. The Kier molecular flexibility index (Phi) is 3.66. The van der Waals surface area contributed by atoms with Crippen LogP contribution in [-0.4, -0.2) is 33.0 Å². The van der Waals surface area contributed by atoms with Crippen LogP contribution in [0.5, 0.6) is 0 Å². The number of anilines is 2. The van der Waals surface area contributed by atoms with Gasteiger partial charge in [-0.1, -0.05) is 0 Å². The van der Waals surface area contributed by atoms with Crippen LogP contribution in [0.1, 0.15) is 18.7 Å². The predicted molar refractivity (Wildman–Crippen MR) is 70.0 cm³/mol. The van der Waals surface area contributed by atoms with Gasteiger partial charge in [-0.05, 0) is 13.8 Å². The van der Waals surface area contributed by atoms with Crippen LogP contribution in [0, 0.1) is 6.92 Å². The largest absolute Gasteiger partial charge is 0.383 e. The first-order valence-electron chi connectivity index (χ1n) is 5.91. The lowest BCUT2D eigenvalue weighted by Gasteiger charge is -2.15. The topological polar surface area (TPSA) is 56.9 Å². The molecule has 0 aliphatic rings. The van der Waals surface area contributed by atoms with Crippen molar-refractivity contribution in [3.05, 3.63) is 24.3 Å². The van der Waals surface area contributed by atoms with Crippen LogP contribution in [0.2, 0.25) is 0 Å². The van der Waals surface area contributed by atoms with Crippen LogP contribution < -0.4 is 5.32 Å². The van der Waals surface area contributed by atoms with E-state index in [1.807, 2.05) is 26.4 Å². The Morgan fingerprint density at radius 3 is 2.89 bits per heavy atom. The van der Waals surface area contributed by atoms with Gasteiger partial charge in [0, 0.05) is 32.7 Å². The molecular weight excluding hydrogens is 230 g/mol. The second-order valence-electron chi connectivity index (χ2n) is 4.39. The first kappa shape index (κ1) is 12.6. The molecule has 0 saturated carbocycles. The highest BCUT2D eigenvalue weighted by molar-refractivity contribution is 5.55. The van der Waals surface area contributed by atoms with E-state index in [2.05, 4.69) is 26.9 Å². The Balaban J connectivity index is 2.19. The lowest BCUT2D eigenvalue weighted by Crippen LogP contribution is -2.12. The fourth-order valence-electron chi connectivity index (χ4n) is 1.93. The van der Waals surface area contributed by atoms with Gasteiger partial charge in [0.1, 0.15) is 0 Å². The molecule has 2 rings (SSSR count). The molecule has 0 saturated heterocycles. The van der Waals surface area contributed by atoms with E-state index in [-0.39, 0.29) is 6.04 Å². The number of ether oxygens (including phenoxy) is 1. The second-order valence-corrected chi connectivity index (χ2v) is 4.39. The monoisotopic (exact) mass is 249 g/mol. The molecule has 0 aromatic carbocycles. The molecule has 18 heavy (non-hydrogen) atoms. The molecule has 1 atom stereocenters. The lowest BCUT2D eigenvalue weighted by atomic mass is 10.3. The minimum atomic E-state index is 0.233. The van der Waals surface area contributed by atoms with E-state index in [0.29, 0.717) is 6.61 Å². The molecule has 2 aromatic rings. The molecule has 1 N–H and O–H groups in total. The fraction of sp³-hybridized carbons (Fsp3) is 0.500. The molecule has 0 spiro atoms. The van der Waals surface area contributed by atoms with E-state index >= 15 is 0 Å². The summed E-state index contributed by atoms with van der Waals surface area (Å²) in [6, 6.07) is 0.233. The number of aryl methyl sites for hydroxylation is 2. The molecule has 98 valence electrons. The number of rotatable bonds is 5. The maximum Gasteiger partial charge on any atom is 0.207 e. The van der Waals surface area contributed by atoms with Gasteiger partial charge in [0.15, 0.2) is 0 Å². The van der Waals surface area contributed by atoms with Gasteiger partial charge in [0.05, 0.1) is 24.0 Å². The minimum absolute atomic E-state index is 0.233. The third-order valence-electron chi connectivity index (χ3n) is 2.81. The van der Waals surface area contributed by atoms with E-state index in [1.165, 1.54) is 0 Å². The second kappa shape index (κ2) is 5.22. The van der Waals surface area contributed by atoms with Crippen molar-refractivity contribution in [2.24, 2.45) is 7.05 Å². The zero-order valence-electron chi connectivity index (χ0n) is 11.2. The highest BCUT2D eigenvalue weighted by Crippen LogP contribution is 2.20. The molecule has 0 aliphatic heterocycles. The van der Waals surface area contributed by atoms with Crippen LogP contribution in [0.4, 0.5) is 11.6 Å². The van der Waals surface area contributed by atoms with Crippen molar-refractivity contribution < 1.29 is 4.74 Å². The first-order valence-corrected chi connectivity index (χ1v) is 5.91. The van der Waals surface area contributed by atoms with Crippen LogP contribution in [-0.2, 0) is 11.8 Å². The number of aromatic nitrogens is 4. The van der Waals surface area contributed by atoms with Crippen molar-refractivity contribution in [1.82, 2.24) is 19.3 Å². The molecule has 6 heteroatoms. The Labute approximate surface area is 107 Å². The summed E-state index contributed by atoms with van der Waals surface area (Å²) in [7, 11) is 3.60. The summed E-state index contributed by atoms with van der Waals surface area (Å²) in [4.78, 5) is 4.32. The molecule has 0 amide bonds. The number of nitrogens with zero attached hydrogens (tertiary/aromatic N) is 4. The summed E-state index contributed by atoms with van der Waals surface area (Å²) < 4.78 is 9.00. The van der Waals surface area contributed by atoms with Gasteiger partial charge < -0.3 is 14.6 Å². The smallest absolute Gasteiger partial charge is 0.207 e. The Hall–Kier alpha value is -1.82. The summed E-state index contributed by atoms with van der Waals surface area (Å²) in [6.07, 6.45) is 5.66. The fourth-order valence-corrected chi connectivity index (χ4v) is 1.93. The minimum Gasteiger partial charge on any atom is -0.383 e. The van der Waals surface area contributed by atoms with Crippen molar-refractivity contribution >= 4 is 11.6 Å². The maximum atomic E-state index is 5.17. The number of methoxy groups -OCH3 is 1. The maximum absolute atomic E-state index is 5.17. The van der Waals surface area contributed by atoms with Crippen LogP contribution in [0.3, 0.4) is 0 Å². The highest BCUT2D eigenvalue weighted by Gasteiger charge is 2.11. The normalized spacial score (nSPS) is 12.7. The number of imidazole rings is 1. The average Bonchev–Trinajstić information content (AvgIpc) is 2.87. The molecular formula is C12H19N5O. The predicted octanol–water partition coefficient (Wildman–Crippen LogP) is 1.88. The average molecular weight is 249 g/mol. The lowest BCUT2D eigenvalue weighted by molar-refractivity contribution is 0.163. The SMILES string of the molecule is COCC(C)n1ccnc1Nc1cn(C)nc1C. The first-order chi connectivity index (χ1) is 8.61. The van der Waals surface area contributed by atoms with Crippen molar-refractivity contribution in [2.75, 3.05) is 19.0 Å². The Bertz CT molecular complexity index is 516. The van der Waals surface area contributed by atoms with Gasteiger partial charge in [-0.2, -0.15) is 5.10 Å². The van der Waals surface area contributed by atoms with Crippen LogP contribution in [0.25, 0.3) is 0 Å². The van der Waals surface area contributed by atoms with Gasteiger partial charge in [-0.15, -0.1) is 0 Å². The van der Waals surface area contributed by atoms with E-state index in [4.69, 9.17) is 4.74 Å². The summed E-state index contributed by atoms with van der Waals surface area (Å²) in [5.41, 5.74) is 1.92. The molecule has 2 aromatic heterocycles. The third kappa shape index (κ3) is 2.53. The van der Waals surface area contributed by atoms with E-state index in [0.717, 1.165) is 17.3 Å². The van der Waals surface area contributed by atoms with Crippen molar-refractivity contribution in [3.63, 3.8) is 0 Å². The summed E-state index contributed by atoms with van der Waals surface area (Å²) in [6.45, 7) is 4.71. The van der Waals surface area contributed by atoms with Gasteiger partial charge in [-0.3, -0.25) is 4.68 Å². The molecule has 6 nitrogen and oxygen atoms in total. The zero-order chi connectivity index (χ0) is 13.1. The molecule has 0 aliphatic carbocycles. The van der Waals surface area contributed by atoms with E-state index in [9.17, 15) is 0 Å². The molecule has 1 unspecified atom stereocenters. The summed E-state index contributed by atoms with van der Waals surface area (Å²) in [5, 5.41) is 7.59. The number of nitrogens with one attached hydrogen (secondary N) is 1. The molecule has 0 radical (unpaired) electrons. The quantitative estimate of drug-likeness (QED) is 0.879. The highest BCUT2D eigenvalue weighted by atomic mass is 16.5. The zero-order valence-corrected chi connectivity index (χ0v) is 11.2. The van der Waals surface area contributed by atoms with Gasteiger partial charge in [0.2, 0.25) is 5.95 Å². The number of hydrogen-bond donors (Lipinski definition) is 1. The summed E-state index contributed by atoms with van der Waals surface area (Å²) >= 11 is 0. The molecule has 2 heterocycles. The van der Waals surface area contributed by atoms with Crippen molar-refractivity contribution in [2.45, 2.75) is 19.9 Å². The Morgan fingerprint density at radius 2 is 2.28 bits per heavy atom. The van der Waals surface area contributed by atoms with Crippen LogP contribution >= 0.6 is 0 Å². The van der Waals surface area contributed by atoms with Crippen LogP contribution in [0.15, 0.2) is 18.6 Å². The van der Waals surface area contributed by atoms with Gasteiger partial charge in [0.25, 0.3) is 0 Å². The number of hydrogen-bond acceptors (Lipinski definition) is 4. The summed E-state index contributed by atoms with van der Waals surface area (Å²) in [5.74, 6) is 0.802. The van der Waals surface area contributed by atoms with Crippen molar-refractivity contribution in [3.8, 4) is 0 Å². The molecule has 0 fully saturated rings. The van der Waals surface area contributed by atoms with E-state index < -0.39 is 0 Å².